The van der Waals surface area contributed by atoms with Crippen molar-refractivity contribution in [1.82, 2.24) is 19.3 Å². The van der Waals surface area contributed by atoms with E-state index in [2.05, 4.69) is 15.0 Å². The normalized spacial score (nSPS) is 14.2. The van der Waals surface area contributed by atoms with Gasteiger partial charge in [-0.25, -0.2) is 4.98 Å². The first kappa shape index (κ1) is 15.2. The first-order valence-corrected chi connectivity index (χ1v) is 7.81. The van der Waals surface area contributed by atoms with Crippen LogP contribution in [0.4, 0.5) is 11.4 Å². The summed E-state index contributed by atoms with van der Waals surface area (Å²) in [6.07, 6.45) is 5.24. The quantitative estimate of drug-likeness (QED) is 0.404. The molecular weight excluding hydrogens is 330 g/mol. The summed E-state index contributed by atoms with van der Waals surface area (Å²) in [5.41, 5.74) is 2.46. The summed E-state index contributed by atoms with van der Waals surface area (Å²) >= 11 is 6.06. The van der Waals surface area contributed by atoms with E-state index >= 15 is 0 Å². The van der Waals surface area contributed by atoms with Crippen LogP contribution < -0.4 is 4.81 Å². The molecule has 122 valence electrons. The Morgan fingerprint density at radius 2 is 2.04 bits per heavy atom. The van der Waals surface area contributed by atoms with Crippen molar-refractivity contribution in [3.05, 3.63) is 51.9 Å². The highest BCUT2D eigenvalue weighted by Crippen LogP contribution is 2.33. The predicted molar refractivity (Wildman–Crippen MR) is 94.8 cm³/mol. The second-order valence-corrected chi connectivity index (χ2v) is 6.07. The zero-order valence-electron chi connectivity index (χ0n) is 12.8. The summed E-state index contributed by atoms with van der Waals surface area (Å²) in [5.74, 6) is 0.588. The van der Waals surface area contributed by atoms with Crippen molar-refractivity contribution in [1.29, 1.82) is 0 Å². The molecule has 3 aromatic rings. The third kappa shape index (κ3) is 2.47. The van der Waals surface area contributed by atoms with E-state index < -0.39 is 4.81 Å². The number of aryl methyl sites for hydroxylation is 1. The number of aliphatic imine (C=N–C) groups is 1. The van der Waals surface area contributed by atoms with E-state index in [1.54, 1.807) is 12.1 Å². The van der Waals surface area contributed by atoms with Crippen LogP contribution in [0, 0.1) is 10.4 Å². The second kappa shape index (κ2) is 5.35. The van der Waals surface area contributed by atoms with Gasteiger partial charge in [0.15, 0.2) is 5.82 Å². The number of hydrogen-bond donors (Lipinski definition) is 0. The molecular formula is C16H13ClN5O2-. The van der Waals surface area contributed by atoms with Crippen LogP contribution in [-0.4, -0.2) is 27.8 Å². The third-order valence-electron chi connectivity index (χ3n) is 4.01. The Kier molecular flexibility index (Phi) is 3.40. The summed E-state index contributed by atoms with van der Waals surface area (Å²) in [6, 6.07) is 6.66. The minimum absolute atomic E-state index is 0.140. The van der Waals surface area contributed by atoms with Crippen LogP contribution in [-0.2, 0) is 6.42 Å². The van der Waals surface area contributed by atoms with E-state index in [1.807, 2.05) is 23.0 Å². The van der Waals surface area contributed by atoms with Crippen molar-refractivity contribution in [2.75, 3.05) is 7.05 Å². The molecule has 0 fully saturated rings. The number of hydroxylamine groups is 2. The van der Waals surface area contributed by atoms with Crippen molar-refractivity contribution in [2.24, 2.45) is 4.99 Å². The van der Waals surface area contributed by atoms with Crippen LogP contribution in [0.25, 0.3) is 16.7 Å². The predicted octanol–water partition coefficient (Wildman–Crippen LogP) is 3.66. The average molecular weight is 343 g/mol. The lowest BCUT2D eigenvalue weighted by atomic mass is 10.1. The van der Waals surface area contributed by atoms with Gasteiger partial charge in [0.25, 0.3) is 0 Å². The van der Waals surface area contributed by atoms with Crippen LogP contribution in [0.2, 0.25) is 5.28 Å². The van der Waals surface area contributed by atoms with E-state index in [0.29, 0.717) is 11.5 Å². The lowest BCUT2D eigenvalue weighted by Gasteiger charge is -2.42. The van der Waals surface area contributed by atoms with Gasteiger partial charge in [-0.2, -0.15) is 4.98 Å². The van der Waals surface area contributed by atoms with E-state index in [9.17, 15) is 10.4 Å². The van der Waals surface area contributed by atoms with Crippen LogP contribution >= 0.6 is 11.6 Å². The van der Waals surface area contributed by atoms with E-state index in [1.165, 1.54) is 6.07 Å². The molecule has 1 aromatic carbocycles. The monoisotopic (exact) mass is 342 g/mol. The highest BCUT2D eigenvalue weighted by molar-refractivity contribution is 6.28. The molecule has 1 aliphatic rings. The van der Waals surface area contributed by atoms with Crippen molar-refractivity contribution in [3.8, 4) is 5.82 Å². The molecule has 0 spiro atoms. The molecule has 4 rings (SSSR count). The SMILES string of the molecule is C[N+]([O-])([O-])c1ccc2c(ccn2-c2nc(Cl)nc3c2N=CCC3)c1. The maximum absolute atomic E-state index is 11.6. The van der Waals surface area contributed by atoms with Gasteiger partial charge in [-0.1, -0.05) is 0 Å². The Balaban J connectivity index is 1.93. The molecule has 8 heteroatoms. The highest BCUT2D eigenvalue weighted by atomic mass is 35.5. The zero-order valence-corrected chi connectivity index (χ0v) is 13.6. The molecule has 0 unspecified atom stereocenters. The van der Waals surface area contributed by atoms with E-state index in [-0.39, 0.29) is 11.0 Å². The zero-order chi connectivity index (χ0) is 16.9. The summed E-state index contributed by atoms with van der Waals surface area (Å²) < 4.78 is 1.84. The lowest BCUT2D eigenvalue weighted by Crippen LogP contribution is -2.29. The Hall–Kier alpha value is -2.32. The Bertz CT molecular complexity index is 974. The average Bonchev–Trinajstić information content (AvgIpc) is 2.96. The minimum Gasteiger partial charge on any atom is -0.626 e. The maximum atomic E-state index is 11.6. The summed E-state index contributed by atoms with van der Waals surface area (Å²) in [5, 5.41) is 24.1. The van der Waals surface area contributed by atoms with E-state index in [0.717, 1.165) is 36.5 Å². The number of aromatic nitrogens is 3. The van der Waals surface area contributed by atoms with Crippen molar-refractivity contribution < 1.29 is 0 Å². The molecule has 0 bridgehead atoms. The molecule has 0 radical (unpaired) electrons. The Morgan fingerprint density at radius 1 is 1.21 bits per heavy atom. The number of halogens is 1. The first-order chi connectivity index (χ1) is 11.4. The fraction of sp³-hybridized carbons (Fsp3) is 0.188. The molecule has 0 amide bonds. The second-order valence-electron chi connectivity index (χ2n) is 5.74. The van der Waals surface area contributed by atoms with Crippen molar-refractivity contribution in [2.45, 2.75) is 12.8 Å². The minimum atomic E-state index is -1.72. The maximum Gasteiger partial charge on any atom is 0.224 e. The van der Waals surface area contributed by atoms with Gasteiger partial charge >= 0.3 is 0 Å². The summed E-state index contributed by atoms with van der Waals surface area (Å²) in [7, 11) is 1.05. The number of hydrogen-bond acceptors (Lipinski definition) is 5. The van der Waals surface area contributed by atoms with Gasteiger partial charge in [0.2, 0.25) is 5.28 Å². The fourth-order valence-corrected chi connectivity index (χ4v) is 3.04. The smallest absolute Gasteiger partial charge is 0.224 e. The van der Waals surface area contributed by atoms with Gasteiger partial charge in [0, 0.05) is 29.9 Å². The molecule has 1 aliphatic heterocycles. The van der Waals surface area contributed by atoms with Crippen LogP contribution in [0.3, 0.4) is 0 Å². The van der Waals surface area contributed by atoms with Crippen LogP contribution in [0.5, 0.6) is 0 Å². The number of rotatable bonds is 2. The summed E-state index contributed by atoms with van der Waals surface area (Å²) in [6.45, 7) is 0. The number of quaternary nitrogens is 1. The molecule has 0 N–H and O–H groups in total. The standard InChI is InChI=1S/C16H13ClN5O2/c1-22(23,24)11-4-5-13-10(9-11)6-8-21(13)15-14-12(3-2-7-18-14)19-16(17)20-15/h4-9H,2-3H2,1H3/q-1. The fourth-order valence-electron chi connectivity index (χ4n) is 2.86. The molecule has 2 aromatic heterocycles. The number of fused-ring (bicyclic) bond motifs is 2. The third-order valence-corrected chi connectivity index (χ3v) is 4.18. The number of benzene rings is 1. The molecule has 0 saturated heterocycles. The molecule has 0 saturated carbocycles. The Morgan fingerprint density at radius 3 is 2.83 bits per heavy atom. The first-order valence-electron chi connectivity index (χ1n) is 7.43. The molecule has 0 aliphatic carbocycles. The van der Waals surface area contributed by atoms with Gasteiger partial charge in [-0.05, 0) is 36.6 Å². The van der Waals surface area contributed by atoms with Crippen molar-refractivity contribution >= 4 is 40.1 Å². The summed E-state index contributed by atoms with van der Waals surface area (Å²) in [4.78, 5) is 11.3. The van der Waals surface area contributed by atoms with E-state index in [4.69, 9.17) is 11.6 Å². The molecule has 3 heterocycles. The lowest BCUT2D eigenvalue weighted by molar-refractivity contribution is 0.605. The molecule has 7 nitrogen and oxygen atoms in total. The number of nitrogens with zero attached hydrogens (tertiary/aromatic N) is 5. The Labute approximate surface area is 142 Å². The van der Waals surface area contributed by atoms with Gasteiger partial charge < -0.3 is 15.2 Å². The van der Waals surface area contributed by atoms with Crippen LogP contribution in [0.1, 0.15) is 12.1 Å². The van der Waals surface area contributed by atoms with Gasteiger partial charge in [-0.15, -0.1) is 0 Å². The van der Waals surface area contributed by atoms with Gasteiger partial charge in [0.1, 0.15) is 11.4 Å². The van der Waals surface area contributed by atoms with Crippen LogP contribution in [0.15, 0.2) is 35.5 Å². The highest BCUT2D eigenvalue weighted by Gasteiger charge is 2.18. The van der Waals surface area contributed by atoms with Gasteiger partial charge in [0.05, 0.1) is 18.3 Å². The van der Waals surface area contributed by atoms with Gasteiger partial charge in [-0.3, -0.25) is 9.56 Å². The molecule has 0 atom stereocenters. The largest absolute Gasteiger partial charge is 0.626 e. The van der Waals surface area contributed by atoms with Crippen molar-refractivity contribution in [3.63, 3.8) is 0 Å². The molecule has 24 heavy (non-hydrogen) atoms. The topological polar surface area (TPSA) is 89.2 Å².